The molecule has 0 radical (unpaired) electrons. The van der Waals surface area contributed by atoms with Crippen molar-refractivity contribution in [1.82, 2.24) is 10.6 Å². The zero-order valence-electron chi connectivity index (χ0n) is 16.5. The lowest BCUT2D eigenvalue weighted by Crippen LogP contribution is -2.38. The number of ether oxygens (including phenoxy) is 1. The molecule has 0 saturated carbocycles. The van der Waals surface area contributed by atoms with E-state index in [1.54, 1.807) is 19.2 Å². The highest BCUT2D eigenvalue weighted by atomic mass is 32.2. The molecule has 0 aliphatic carbocycles. The van der Waals surface area contributed by atoms with E-state index < -0.39 is 10.0 Å². The minimum atomic E-state index is -3.68. The molecule has 2 rings (SSSR count). The number of hydrogen-bond donors (Lipinski definition) is 3. The number of aliphatic imine (C=N–C) groups is 1. The molecule has 7 nitrogen and oxygen atoms in total. The van der Waals surface area contributed by atoms with Gasteiger partial charge in [-0.05, 0) is 55.2 Å². The number of sulfonamides is 1. The molecule has 0 aliphatic rings. The highest BCUT2D eigenvalue weighted by Crippen LogP contribution is 2.19. The van der Waals surface area contributed by atoms with Gasteiger partial charge in [0.25, 0.3) is 0 Å². The van der Waals surface area contributed by atoms with Gasteiger partial charge in [-0.25, -0.2) is 18.5 Å². The van der Waals surface area contributed by atoms with Crippen LogP contribution in [0.15, 0.2) is 52.4 Å². The standard InChI is InChI=1S/C20H28N4O3S/c1-4-22-20(23-12-11-16-6-5-15(2)19(13-16)27-3)24-14-17-7-9-18(10-8-17)28(21,25)26/h5-10,13H,4,11-12,14H2,1-3H3,(H2,21,25,26)(H2,22,23,24). The van der Waals surface area contributed by atoms with Crippen molar-refractivity contribution in [2.45, 2.75) is 31.7 Å². The zero-order valence-corrected chi connectivity index (χ0v) is 17.3. The Balaban J connectivity index is 1.95. The number of nitrogens with one attached hydrogen (secondary N) is 2. The van der Waals surface area contributed by atoms with Crippen LogP contribution in [-0.4, -0.2) is 34.6 Å². The first-order valence-electron chi connectivity index (χ1n) is 9.11. The molecule has 2 aromatic carbocycles. The fourth-order valence-corrected chi connectivity index (χ4v) is 3.16. The number of aryl methyl sites for hydroxylation is 1. The molecule has 0 saturated heterocycles. The Kier molecular flexibility index (Phi) is 7.83. The summed E-state index contributed by atoms with van der Waals surface area (Å²) in [5, 5.41) is 11.6. The molecule has 2 aromatic rings. The van der Waals surface area contributed by atoms with Crippen molar-refractivity contribution >= 4 is 16.0 Å². The van der Waals surface area contributed by atoms with Gasteiger partial charge < -0.3 is 15.4 Å². The Morgan fingerprint density at radius 2 is 1.79 bits per heavy atom. The summed E-state index contributed by atoms with van der Waals surface area (Å²) >= 11 is 0. The third kappa shape index (κ3) is 6.54. The van der Waals surface area contributed by atoms with E-state index in [4.69, 9.17) is 9.88 Å². The van der Waals surface area contributed by atoms with Crippen molar-refractivity contribution in [3.8, 4) is 5.75 Å². The maximum atomic E-state index is 11.3. The van der Waals surface area contributed by atoms with E-state index in [1.165, 1.54) is 17.7 Å². The van der Waals surface area contributed by atoms with Crippen LogP contribution in [0.5, 0.6) is 5.75 Å². The number of rotatable bonds is 8. The van der Waals surface area contributed by atoms with Crippen molar-refractivity contribution in [1.29, 1.82) is 0 Å². The molecule has 0 aliphatic heterocycles. The third-order valence-corrected chi connectivity index (χ3v) is 5.12. The summed E-state index contributed by atoms with van der Waals surface area (Å²) in [6, 6.07) is 12.6. The van der Waals surface area contributed by atoms with Crippen LogP contribution in [0.25, 0.3) is 0 Å². The van der Waals surface area contributed by atoms with Crippen molar-refractivity contribution in [2.75, 3.05) is 20.2 Å². The van der Waals surface area contributed by atoms with Crippen LogP contribution in [0.2, 0.25) is 0 Å². The van der Waals surface area contributed by atoms with Crippen LogP contribution in [0.1, 0.15) is 23.6 Å². The highest BCUT2D eigenvalue weighted by molar-refractivity contribution is 7.89. The second-order valence-electron chi connectivity index (χ2n) is 6.36. The van der Waals surface area contributed by atoms with E-state index in [-0.39, 0.29) is 4.90 Å². The molecule has 0 amide bonds. The molecule has 0 fully saturated rings. The first-order valence-corrected chi connectivity index (χ1v) is 10.7. The van der Waals surface area contributed by atoms with Gasteiger partial charge in [0.05, 0.1) is 18.6 Å². The van der Waals surface area contributed by atoms with Gasteiger partial charge in [-0.3, -0.25) is 0 Å². The molecule has 0 atom stereocenters. The van der Waals surface area contributed by atoms with Gasteiger partial charge in [0.15, 0.2) is 5.96 Å². The van der Waals surface area contributed by atoms with E-state index in [2.05, 4.69) is 27.8 Å². The summed E-state index contributed by atoms with van der Waals surface area (Å²) in [6.45, 7) is 5.92. The lowest BCUT2D eigenvalue weighted by atomic mass is 10.1. The van der Waals surface area contributed by atoms with Gasteiger partial charge in [-0.2, -0.15) is 0 Å². The van der Waals surface area contributed by atoms with Crippen LogP contribution < -0.4 is 20.5 Å². The van der Waals surface area contributed by atoms with Gasteiger partial charge >= 0.3 is 0 Å². The smallest absolute Gasteiger partial charge is 0.238 e. The molecule has 8 heteroatoms. The van der Waals surface area contributed by atoms with Gasteiger partial charge in [0.2, 0.25) is 10.0 Å². The predicted molar refractivity (Wildman–Crippen MR) is 112 cm³/mol. The minimum Gasteiger partial charge on any atom is -0.496 e. The Bertz CT molecular complexity index is 910. The summed E-state index contributed by atoms with van der Waals surface area (Å²) in [5.74, 6) is 1.60. The maximum Gasteiger partial charge on any atom is 0.238 e. The second-order valence-corrected chi connectivity index (χ2v) is 7.93. The van der Waals surface area contributed by atoms with E-state index in [9.17, 15) is 8.42 Å². The Morgan fingerprint density at radius 3 is 2.39 bits per heavy atom. The Hall–Kier alpha value is -2.58. The average Bonchev–Trinajstić information content (AvgIpc) is 2.67. The molecule has 0 bridgehead atoms. The molecule has 0 heterocycles. The monoisotopic (exact) mass is 404 g/mol. The number of nitrogens with zero attached hydrogens (tertiary/aromatic N) is 1. The first-order chi connectivity index (χ1) is 13.3. The SMILES string of the molecule is CCNC(=NCc1ccc(S(N)(=O)=O)cc1)NCCc1ccc(C)c(OC)c1. The molecule has 4 N–H and O–H groups in total. The fourth-order valence-electron chi connectivity index (χ4n) is 2.64. The molecule has 0 spiro atoms. The molecule has 28 heavy (non-hydrogen) atoms. The zero-order chi connectivity index (χ0) is 20.6. The summed E-state index contributed by atoms with van der Waals surface area (Å²) in [5.41, 5.74) is 3.19. The number of primary sulfonamides is 1. The van der Waals surface area contributed by atoms with Crippen molar-refractivity contribution < 1.29 is 13.2 Å². The van der Waals surface area contributed by atoms with E-state index in [0.717, 1.165) is 36.4 Å². The summed E-state index contributed by atoms with van der Waals surface area (Å²) in [6.07, 6.45) is 0.837. The minimum absolute atomic E-state index is 0.0961. The van der Waals surface area contributed by atoms with E-state index in [0.29, 0.717) is 12.5 Å². The topological polar surface area (TPSA) is 106 Å². The van der Waals surface area contributed by atoms with Crippen LogP contribution in [0.4, 0.5) is 0 Å². The molecule has 152 valence electrons. The van der Waals surface area contributed by atoms with E-state index >= 15 is 0 Å². The van der Waals surface area contributed by atoms with Crippen LogP contribution in [-0.2, 0) is 23.0 Å². The van der Waals surface area contributed by atoms with Crippen molar-refractivity contribution in [2.24, 2.45) is 10.1 Å². The number of benzene rings is 2. The summed E-state index contributed by atoms with van der Waals surface area (Å²) < 4.78 is 28.0. The second kappa shape index (κ2) is 10.1. The van der Waals surface area contributed by atoms with Crippen LogP contribution in [0, 0.1) is 6.92 Å². The third-order valence-electron chi connectivity index (χ3n) is 4.19. The Morgan fingerprint density at radius 1 is 1.11 bits per heavy atom. The molecule has 0 aromatic heterocycles. The molecule has 0 unspecified atom stereocenters. The Labute approximate surface area is 167 Å². The molecular formula is C20H28N4O3S. The summed E-state index contributed by atoms with van der Waals surface area (Å²) in [7, 11) is -2.00. The van der Waals surface area contributed by atoms with Crippen molar-refractivity contribution in [3.63, 3.8) is 0 Å². The average molecular weight is 405 g/mol. The number of methoxy groups -OCH3 is 1. The predicted octanol–water partition coefficient (Wildman–Crippen LogP) is 1.95. The number of hydrogen-bond acceptors (Lipinski definition) is 4. The number of nitrogens with two attached hydrogens (primary N) is 1. The van der Waals surface area contributed by atoms with Crippen molar-refractivity contribution in [3.05, 3.63) is 59.2 Å². The van der Waals surface area contributed by atoms with Crippen LogP contribution in [0.3, 0.4) is 0 Å². The summed E-state index contributed by atoms with van der Waals surface area (Å²) in [4.78, 5) is 4.64. The highest BCUT2D eigenvalue weighted by Gasteiger charge is 2.07. The van der Waals surface area contributed by atoms with Crippen LogP contribution >= 0.6 is 0 Å². The first kappa shape index (κ1) is 21.7. The van der Waals surface area contributed by atoms with Gasteiger partial charge in [0.1, 0.15) is 5.75 Å². The maximum absolute atomic E-state index is 11.3. The normalized spacial score (nSPS) is 11.9. The quantitative estimate of drug-likeness (QED) is 0.461. The lowest BCUT2D eigenvalue weighted by Gasteiger charge is -2.12. The molecular weight excluding hydrogens is 376 g/mol. The van der Waals surface area contributed by atoms with Gasteiger partial charge in [-0.1, -0.05) is 24.3 Å². The van der Waals surface area contributed by atoms with Gasteiger partial charge in [-0.15, -0.1) is 0 Å². The van der Waals surface area contributed by atoms with Gasteiger partial charge in [0, 0.05) is 13.1 Å². The lowest BCUT2D eigenvalue weighted by molar-refractivity contribution is 0.411. The number of guanidine groups is 1. The van der Waals surface area contributed by atoms with E-state index in [1.807, 2.05) is 19.9 Å². The largest absolute Gasteiger partial charge is 0.496 e. The fraction of sp³-hybridized carbons (Fsp3) is 0.350.